The zero-order chi connectivity index (χ0) is 16.9. The number of carbonyl (C=O) groups excluding carboxylic acids is 1. The maximum absolute atomic E-state index is 12.1. The molecule has 1 heterocycles. The van der Waals surface area contributed by atoms with Crippen LogP contribution < -0.4 is 4.74 Å². The fourth-order valence-electron chi connectivity index (χ4n) is 2.67. The first-order valence-electron chi connectivity index (χ1n) is 8.21. The van der Waals surface area contributed by atoms with E-state index in [9.17, 15) is 4.79 Å². The summed E-state index contributed by atoms with van der Waals surface area (Å²) in [6.45, 7) is 9.88. The Bertz CT molecular complexity index is 517. The van der Waals surface area contributed by atoms with E-state index in [1.165, 1.54) is 5.56 Å². The van der Waals surface area contributed by atoms with Crippen LogP contribution in [0.1, 0.15) is 26.3 Å². The van der Waals surface area contributed by atoms with E-state index in [4.69, 9.17) is 9.47 Å². The number of hydrogen-bond donors (Lipinski definition) is 0. The molecule has 23 heavy (non-hydrogen) atoms. The number of nitrogens with zero attached hydrogens (tertiary/aromatic N) is 2. The largest absolute Gasteiger partial charge is 0.496 e. The Morgan fingerprint density at radius 3 is 2.39 bits per heavy atom. The van der Waals surface area contributed by atoms with Crippen molar-refractivity contribution in [2.75, 3.05) is 39.8 Å². The summed E-state index contributed by atoms with van der Waals surface area (Å²) in [6, 6.07) is 8.13. The van der Waals surface area contributed by atoms with Gasteiger partial charge in [0.15, 0.2) is 0 Å². The normalized spacial score (nSPS) is 16.3. The van der Waals surface area contributed by atoms with Crippen molar-refractivity contribution >= 4 is 6.09 Å². The highest BCUT2D eigenvalue weighted by atomic mass is 16.6. The minimum Gasteiger partial charge on any atom is -0.496 e. The molecule has 1 saturated heterocycles. The lowest BCUT2D eigenvalue weighted by Crippen LogP contribution is -2.50. The second-order valence-corrected chi connectivity index (χ2v) is 6.87. The van der Waals surface area contributed by atoms with Crippen LogP contribution in [0.2, 0.25) is 0 Å². The predicted octanol–water partition coefficient (Wildman–Crippen LogP) is 2.79. The standard InChI is InChI=1S/C18H28N2O3/c1-18(2,3)23-17(21)20-13-11-19(12-14-20)10-9-15-7-5-6-8-16(15)22-4/h5-8H,9-14H2,1-4H3. The summed E-state index contributed by atoms with van der Waals surface area (Å²) >= 11 is 0. The van der Waals surface area contributed by atoms with Gasteiger partial charge < -0.3 is 14.4 Å². The molecule has 0 radical (unpaired) electrons. The molecule has 0 aromatic heterocycles. The van der Waals surface area contributed by atoms with Crippen LogP contribution in [0.4, 0.5) is 4.79 Å². The maximum atomic E-state index is 12.1. The molecular weight excluding hydrogens is 292 g/mol. The second-order valence-electron chi connectivity index (χ2n) is 6.87. The molecule has 0 unspecified atom stereocenters. The molecule has 0 spiro atoms. The SMILES string of the molecule is COc1ccccc1CCN1CCN(C(=O)OC(C)(C)C)CC1. The molecule has 5 heteroatoms. The second kappa shape index (κ2) is 7.68. The van der Waals surface area contributed by atoms with Crippen molar-refractivity contribution in [2.45, 2.75) is 32.8 Å². The van der Waals surface area contributed by atoms with Crippen LogP contribution >= 0.6 is 0 Å². The Kier molecular flexibility index (Phi) is 5.88. The van der Waals surface area contributed by atoms with Gasteiger partial charge in [0, 0.05) is 32.7 Å². The summed E-state index contributed by atoms with van der Waals surface area (Å²) in [4.78, 5) is 16.2. The third-order valence-electron chi connectivity index (χ3n) is 3.91. The minimum absolute atomic E-state index is 0.207. The molecule has 1 aromatic rings. The number of piperazine rings is 1. The van der Waals surface area contributed by atoms with Crippen LogP contribution in [0, 0.1) is 0 Å². The third kappa shape index (κ3) is 5.43. The van der Waals surface area contributed by atoms with E-state index in [-0.39, 0.29) is 6.09 Å². The van der Waals surface area contributed by atoms with Crippen LogP contribution in [0.5, 0.6) is 5.75 Å². The number of carbonyl (C=O) groups is 1. The van der Waals surface area contributed by atoms with Crippen molar-refractivity contribution in [2.24, 2.45) is 0 Å². The van der Waals surface area contributed by atoms with Gasteiger partial charge in [-0.15, -0.1) is 0 Å². The number of hydrogen-bond acceptors (Lipinski definition) is 4. The average Bonchev–Trinajstić information content (AvgIpc) is 2.52. The fraction of sp³-hybridized carbons (Fsp3) is 0.611. The van der Waals surface area contributed by atoms with E-state index in [0.717, 1.165) is 44.9 Å². The molecule has 0 bridgehead atoms. The highest BCUT2D eigenvalue weighted by Gasteiger charge is 2.25. The van der Waals surface area contributed by atoms with Gasteiger partial charge in [-0.2, -0.15) is 0 Å². The monoisotopic (exact) mass is 320 g/mol. The van der Waals surface area contributed by atoms with Crippen molar-refractivity contribution in [1.29, 1.82) is 0 Å². The molecule has 5 nitrogen and oxygen atoms in total. The van der Waals surface area contributed by atoms with E-state index in [2.05, 4.69) is 11.0 Å². The lowest BCUT2D eigenvalue weighted by atomic mass is 10.1. The van der Waals surface area contributed by atoms with E-state index in [1.807, 2.05) is 39.0 Å². The Hall–Kier alpha value is -1.75. The molecule has 1 fully saturated rings. The van der Waals surface area contributed by atoms with Gasteiger partial charge in [-0.05, 0) is 38.8 Å². The van der Waals surface area contributed by atoms with Crippen LogP contribution in [0.15, 0.2) is 24.3 Å². The number of methoxy groups -OCH3 is 1. The maximum Gasteiger partial charge on any atom is 0.410 e. The first kappa shape index (κ1) is 17.6. The number of ether oxygens (including phenoxy) is 2. The topological polar surface area (TPSA) is 42.0 Å². The highest BCUT2D eigenvalue weighted by Crippen LogP contribution is 2.18. The fourth-order valence-corrected chi connectivity index (χ4v) is 2.67. The van der Waals surface area contributed by atoms with E-state index in [1.54, 1.807) is 12.0 Å². The van der Waals surface area contributed by atoms with Crippen molar-refractivity contribution in [3.05, 3.63) is 29.8 Å². The van der Waals surface area contributed by atoms with Gasteiger partial charge in [0.25, 0.3) is 0 Å². The van der Waals surface area contributed by atoms with Gasteiger partial charge in [0.1, 0.15) is 11.4 Å². The molecule has 1 aliphatic rings. The lowest BCUT2D eigenvalue weighted by Gasteiger charge is -2.35. The summed E-state index contributed by atoms with van der Waals surface area (Å²) in [5, 5.41) is 0. The van der Waals surface area contributed by atoms with Gasteiger partial charge in [-0.3, -0.25) is 4.90 Å². The van der Waals surface area contributed by atoms with Gasteiger partial charge in [0.2, 0.25) is 0 Å². The molecule has 0 saturated carbocycles. The zero-order valence-electron chi connectivity index (χ0n) is 14.7. The molecular formula is C18H28N2O3. The average molecular weight is 320 g/mol. The predicted molar refractivity (Wildman–Crippen MR) is 90.9 cm³/mol. The van der Waals surface area contributed by atoms with Crippen LogP contribution in [-0.2, 0) is 11.2 Å². The molecule has 1 amide bonds. The van der Waals surface area contributed by atoms with Crippen molar-refractivity contribution < 1.29 is 14.3 Å². The van der Waals surface area contributed by atoms with E-state index >= 15 is 0 Å². The first-order chi connectivity index (χ1) is 10.9. The van der Waals surface area contributed by atoms with Gasteiger partial charge in [-0.25, -0.2) is 4.79 Å². The van der Waals surface area contributed by atoms with E-state index < -0.39 is 5.60 Å². The Morgan fingerprint density at radius 2 is 1.78 bits per heavy atom. The summed E-state index contributed by atoms with van der Waals surface area (Å²) in [6.07, 6.45) is 0.748. The highest BCUT2D eigenvalue weighted by molar-refractivity contribution is 5.68. The van der Waals surface area contributed by atoms with Crippen molar-refractivity contribution in [3.63, 3.8) is 0 Å². The van der Waals surface area contributed by atoms with Crippen LogP contribution in [0.3, 0.4) is 0 Å². The Morgan fingerprint density at radius 1 is 1.13 bits per heavy atom. The Balaban J connectivity index is 1.78. The van der Waals surface area contributed by atoms with Crippen LogP contribution in [-0.4, -0.2) is 61.3 Å². The molecule has 2 rings (SSSR count). The summed E-state index contributed by atoms with van der Waals surface area (Å²) < 4.78 is 10.8. The lowest BCUT2D eigenvalue weighted by molar-refractivity contribution is 0.0146. The van der Waals surface area contributed by atoms with Gasteiger partial charge >= 0.3 is 6.09 Å². The summed E-state index contributed by atoms with van der Waals surface area (Å²) in [7, 11) is 1.71. The van der Waals surface area contributed by atoms with Gasteiger partial charge in [0.05, 0.1) is 7.11 Å². The molecule has 128 valence electrons. The smallest absolute Gasteiger partial charge is 0.410 e. The molecule has 1 aliphatic heterocycles. The molecule has 0 atom stereocenters. The number of para-hydroxylation sites is 1. The Labute approximate surface area is 139 Å². The number of rotatable bonds is 4. The molecule has 0 N–H and O–H groups in total. The van der Waals surface area contributed by atoms with Crippen molar-refractivity contribution in [3.8, 4) is 5.75 Å². The third-order valence-corrected chi connectivity index (χ3v) is 3.91. The quantitative estimate of drug-likeness (QED) is 0.855. The number of amides is 1. The zero-order valence-corrected chi connectivity index (χ0v) is 14.7. The summed E-state index contributed by atoms with van der Waals surface area (Å²) in [5.74, 6) is 0.944. The van der Waals surface area contributed by atoms with Gasteiger partial charge in [-0.1, -0.05) is 18.2 Å². The summed E-state index contributed by atoms with van der Waals surface area (Å²) in [5.41, 5.74) is 0.794. The van der Waals surface area contributed by atoms with Crippen LogP contribution in [0.25, 0.3) is 0 Å². The van der Waals surface area contributed by atoms with E-state index in [0.29, 0.717) is 0 Å². The molecule has 1 aromatic carbocycles. The molecule has 0 aliphatic carbocycles. The first-order valence-corrected chi connectivity index (χ1v) is 8.21. The number of benzene rings is 1. The minimum atomic E-state index is -0.432. The van der Waals surface area contributed by atoms with Crippen molar-refractivity contribution in [1.82, 2.24) is 9.80 Å².